The van der Waals surface area contributed by atoms with Gasteiger partial charge in [-0.15, -0.1) is 0 Å². The summed E-state index contributed by atoms with van der Waals surface area (Å²) in [7, 11) is 1.61. The van der Waals surface area contributed by atoms with Crippen molar-refractivity contribution in [2.75, 3.05) is 12.5 Å². The summed E-state index contributed by atoms with van der Waals surface area (Å²) < 4.78 is 11.0. The maximum atomic E-state index is 5.67. The molecule has 100 valence electrons. The zero-order valence-corrected chi connectivity index (χ0v) is 10.9. The lowest BCUT2D eigenvalue weighted by Crippen LogP contribution is -2.10. The molecule has 0 spiro atoms. The van der Waals surface area contributed by atoms with Gasteiger partial charge >= 0.3 is 0 Å². The van der Waals surface area contributed by atoms with Gasteiger partial charge in [-0.05, 0) is 24.1 Å². The second-order valence-electron chi connectivity index (χ2n) is 3.80. The molecule has 0 fully saturated rings. The van der Waals surface area contributed by atoms with Gasteiger partial charge in [-0.3, -0.25) is 5.43 Å². The molecule has 6 nitrogen and oxygen atoms in total. The number of aromatic nitrogens is 2. The van der Waals surface area contributed by atoms with Crippen LogP contribution in [0.3, 0.4) is 0 Å². The molecule has 2 aromatic rings. The van der Waals surface area contributed by atoms with Gasteiger partial charge in [0.25, 0.3) is 0 Å². The Kier molecular flexibility index (Phi) is 4.15. The van der Waals surface area contributed by atoms with Gasteiger partial charge in [0.1, 0.15) is 0 Å². The molecule has 0 saturated carbocycles. The lowest BCUT2D eigenvalue weighted by atomic mass is 10.1. The van der Waals surface area contributed by atoms with E-state index in [1.165, 1.54) is 5.56 Å². The second kappa shape index (κ2) is 6.01. The van der Waals surface area contributed by atoms with E-state index in [4.69, 9.17) is 15.3 Å². The summed E-state index contributed by atoms with van der Waals surface area (Å²) in [6, 6.07) is 7.43. The van der Waals surface area contributed by atoms with Gasteiger partial charge in [-0.25, -0.2) is 10.8 Å². The number of nitrogens with zero attached hydrogens (tertiary/aromatic N) is 2. The van der Waals surface area contributed by atoms with Gasteiger partial charge in [0, 0.05) is 12.3 Å². The Balaban J connectivity index is 2.26. The van der Waals surface area contributed by atoms with Gasteiger partial charge in [-0.1, -0.05) is 13.0 Å². The van der Waals surface area contributed by atoms with E-state index < -0.39 is 0 Å². The predicted octanol–water partition coefficient (Wildman–Crippen LogP) is 2.13. The van der Waals surface area contributed by atoms with E-state index >= 15 is 0 Å². The molecule has 0 unspecified atom stereocenters. The summed E-state index contributed by atoms with van der Waals surface area (Å²) in [5.41, 5.74) is 3.54. The molecule has 19 heavy (non-hydrogen) atoms. The lowest BCUT2D eigenvalue weighted by Gasteiger charge is -2.11. The van der Waals surface area contributed by atoms with Crippen LogP contribution in [0, 0.1) is 0 Å². The van der Waals surface area contributed by atoms with E-state index in [0.29, 0.717) is 23.3 Å². The van der Waals surface area contributed by atoms with Crippen molar-refractivity contribution < 1.29 is 9.47 Å². The van der Waals surface area contributed by atoms with Crippen LogP contribution in [-0.2, 0) is 6.42 Å². The van der Waals surface area contributed by atoms with E-state index in [1.807, 2.05) is 18.2 Å². The molecule has 0 amide bonds. The van der Waals surface area contributed by atoms with Crippen LogP contribution in [0.25, 0.3) is 0 Å². The molecule has 0 bridgehead atoms. The molecule has 2 rings (SSSR count). The fourth-order valence-corrected chi connectivity index (χ4v) is 1.60. The summed E-state index contributed by atoms with van der Waals surface area (Å²) in [6.45, 7) is 2.08. The Labute approximate surface area is 111 Å². The molecule has 0 saturated heterocycles. The summed E-state index contributed by atoms with van der Waals surface area (Å²) in [6.07, 6.45) is 2.50. The molecule has 0 aliphatic carbocycles. The highest BCUT2D eigenvalue weighted by Crippen LogP contribution is 2.31. The number of hydrogen-bond donors (Lipinski definition) is 2. The van der Waals surface area contributed by atoms with Crippen molar-refractivity contribution in [3.05, 3.63) is 36.0 Å². The number of anilines is 1. The SMILES string of the molecule is CCc1ccc(Oc2ccnc(NN)n2)c(OC)c1. The van der Waals surface area contributed by atoms with Crippen molar-refractivity contribution in [1.29, 1.82) is 0 Å². The number of ether oxygens (including phenoxy) is 2. The van der Waals surface area contributed by atoms with Crippen molar-refractivity contribution >= 4 is 5.95 Å². The van der Waals surface area contributed by atoms with E-state index in [2.05, 4.69) is 22.3 Å². The van der Waals surface area contributed by atoms with Crippen LogP contribution >= 0.6 is 0 Å². The molecular weight excluding hydrogens is 244 g/mol. The number of hydrazine groups is 1. The number of nitrogen functional groups attached to an aromatic ring is 1. The number of aryl methyl sites for hydroxylation is 1. The van der Waals surface area contributed by atoms with Gasteiger partial charge < -0.3 is 9.47 Å². The smallest absolute Gasteiger partial charge is 0.240 e. The normalized spacial score (nSPS) is 10.1. The third-order valence-electron chi connectivity index (χ3n) is 2.61. The standard InChI is InChI=1S/C13H16N4O2/c1-3-9-4-5-10(11(8-9)18-2)19-12-6-7-15-13(16-12)17-14/h4-8H,3,14H2,1-2H3,(H,15,16,17). The first-order chi connectivity index (χ1) is 9.26. The quantitative estimate of drug-likeness (QED) is 0.633. The van der Waals surface area contributed by atoms with Crippen molar-refractivity contribution in [3.8, 4) is 17.4 Å². The highest BCUT2D eigenvalue weighted by atomic mass is 16.5. The predicted molar refractivity (Wildman–Crippen MR) is 72.3 cm³/mol. The van der Waals surface area contributed by atoms with Crippen LogP contribution in [0.1, 0.15) is 12.5 Å². The van der Waals surface area contributed by atoms with Crippen LogP contribution in [0.4, 0.5) is 5.95 Å². The minimum atomic E-state index is 0.293. The number of hydrogen-bond acceptors (Lipinski definition) is 6. The second-order valence-corrected chi connectivity index (χ2v) is 3.80. The fourth-order valence-electron chi connectivity index (χ4n) is 1.60. The average molecular weight is 260 g/mol. The van der Waals surface area contributed by atoms with Crippen molar-refractivity contribution in [2.24, 2.45) is 5.84 Å². The van der Waals surface area contributed by atoms with Crippen LogP contribution in [-0.4, -0.2) is 17.1 Å². The zero-order valence-electron chi connectivity index (χ0n) is 10.9. The lowest BCUT2D eigenvalue weighted by molar-refractivity contribution is 0.373. The molecule has 3 N–H and O–H groups in total. The molecule has 0 radical (unpaired) electrons. The number of methoxy groups -OCH3 is 1. The zero-order chi connectivity index (χ0) is 13.7. The first kappa shape index (κ1) is 13.1. The van der Waals surface area contributed by atoms with Crippen LogP contribution in [0.5, 0.6) is 17.4 Å². The Morgan fingerprint density at radius 1 is 1.26 bits per heavy atom. The van der Waals surface area contributed by atoms with Gasteiger partial charge in [0.15, 0.2) is 11.5 Å². The number of nitrogens with one attached hydrogen (secondary N) is 1. The maximum absolute atomic E-state index is 5.67. The highest BCUT2D eigenvalue weighted by Gasteiger charge is 2.08. The topological polar surface area (TPSA) is 82.3 Å². The Morgan fingerprint density at radius 3 is 2.79 bits per heavy atom. The number of rotatable bonds is 5. The molecule has 0 atom stereocenters. The van der Waals surface area contributed by atoms with Crippen LogP contribution in [0.2, 0.25) is 0 Å². The molecule has 0 aliphatic heterocycles. The summed E-state index contributed by atoms with van der Waals surface area (Å²) in [4.78, 5) is 7.99. The highest BCUT2D eigenvalue weighted by molar-refractivity contribution is 5.44. The van der Waals surface area contributed by atoms with E-state index in [1.54, 1.807) is 19.4 Å². The molecule has 1 heterocycles. The van der Waals surface area contributed by atoms with Crippen molar-refractivity contribution in [2.45, 2.75) is 13.3 Å². The molecule has 0 aliphatic rings. The van der Waals surface area contributed by atoms with Crippen molar-refractivity contribution in [3.63, 3.8) is 0 Å². The van der Waals surface area contributed by atoms with E-state index in [9.17, 15) is 0 Å². The molecule has 1 aromatic carbocycles. The third kappa shape index (κ3) is 3.11. The van der Waals surface area contributed by atoms with E-state index in [0.717, 1.165) is 6.42 Å². The molecule has 1 aromatic heterocycles. The third-order valence-corrected chi connectivity index (χ3v) is 2.61. The van der Waals surface area contributed by atoms with Crippen molar-refractivity contribution in [1.82, 2.24) is 9.97 Å². The monoisotopic (exact) mass is 260 g/mol. The van der Waals surface area contributed by atoms with Gasteiger partial charge in [-0.2, -0.15) is 4.98 Å². The van der Waals surface area contributed by atoms with Crippen LogP contribution in [0.15, 0.2) is 30.5 Å². The number of nitrogens with two attached hydrogens (primary N) is 1. The minimum Gasteiger partial charge on any atom is -0.493 e. The molecule has 6 heteroatoms. The summed E-state index contributed by atoms with van der Waals surface area (Å²) in [5.74, 6) is 7.20. The fraction of sp³-hybridized carbons (Fsp3) is 0.231. The summed E-state index contributed by atoms with van der Waals surface area (Å²) in [5, 5.41) is 0. The average Bonchev–Trinajstić information content (AvgIpc) is 2.48. The minimum absolute atomic E-state index is 0.293. The number of benzene rings is 1. The summed E-state index contributed by atoms with van der Waals surface area (Å²) >= 11 is 0. The van der Waals surface area contributed by atoms with Crippen LogP contribution < -0.4 is 20.7 Å². The largest absolute Gasteiger partial charge is 0.493 e. The Morgan fingerprint density at radius 2 is 2.11 bits per heavy atom. The maximum Gasteiger partial charge on any atom is 0.240 e. The Bertz CT molecular complexity index is 560. The van der Waals surface area contributed by atoms with E-state index in [-0.39, 0.29) is 0 Å². The Hall–Kier alpha value is -2.34. The van der Waals surface area contributed by atoms with Gasteiger partial charge in [0.2, 0.25) is 11.8 Å². The first-order valence-corrected chi connectivity index (χ1v) is 5.91. The first-order valence-electron chi connectivity index (χ1n) is 5.91. The van der Waals surface area contributed by atoms with Gasteiger partial charge in [0.05, 0.1) is 7.11 Å². The molecular formula is C13H16N4O2.